The topological polar surface area (TPSA) is 42.2 Å². The van der Waals surface area contributed by atoms with Crippen molar-refractivity contribution in [2.45, 2.75) is 13.3 Å². The van der Waals surface area contributed by atoms with E-state index in [0.29, 0.717) is 11.3 Å². The Morgan fingerprint density at radius 3 is 2.38 bits per heavy atom. The molecule has 120 valence electrons. The molecule has 3 nitrogen and oxygen atoms in total. The van der Waals surface area contributed by atoms with Crippen molar-refractivity contribution in [2.75, 3.05) is 5.32 Å². The van der Waals surface area contributed by atoms with E-state index in [1.165, 1.54) is 5.56 Å². The van der Waals surface area contributed by atoms with Crippen LogP contribution < -0.4 is 5.32 Å². The minimum Gasteiger partial charge on any atom is -0.465 e. The van der Waals surface area contributed by atoms with Crippen LogP contribution >= 0.6 is 0 Å². The highest BCUT2D eigenvalue weighted by Crippen LogP contribution is 2.21. The van der Waals surface area contributed by atoms with Crippen LogP contribution in [0.15, 0.2) is 77.4 Å². The second-order valence-corrected chi connectivity index (χ2v) is 5.44. The SMILES string of the molecule is CCc1ccc(NC(=O)/C(=C/c2ccco2)c2ccccc2)cc1. The molecule has 3 heteroatoms. The Hall–Kier alpha value is -3.07. The standard InChI is InChI=1S/C21H19NO2/c1-2-16-10-12-18(13-11-16)22-21(23)20(15-19-9-6-14-24-19)17-7-4-3-5-8-17/h3-15H,2H2,1H3,(H,22,23)/b20-15+. The number of benzene rings is 2. The Kier molecular flexibility index (Phi) is 4.92. The van der Waals surface area contributed by atoms with Gasteiger partial charge < -0.3 is 9.73 Å². The highest BCUT2D eigenvalue weighted by atomic mass is 16.3. The van der Waals surface area contributed by atoms with Gasteiger partial charge in [-0.25, -0.2) is 0 Å². The summed E-state index contributed by atoms with van der Waals surface area (Å²) in [6, 6.07) is 21.1. The van der Waals surface area contributed by atoms with Gasteiger partial charge in [0.15, 0.2) is 0 Å². The van der Waals surface area contributed by atoms with Gasteiger partial charge in [0.05, 0.1) is 11.8 Å². The maximum atomic E-state index is 12.8. The third kappa shape index (κ3) is 3.82. The summed E-state index contributed by atoms with van der Waals surface area (Å²) in [5, 5.41) is 2.96. The molecule has 0 saturated heterocycles. The molecule has 0 bridgehead atoms. The maximum Gasteiger partial charge on any atom is 0.256 e. The van der Waals surface area contributed by atoms with Crippen LogP contribution in [0.3, 0.4) is 0 Å². The lowest BCUT2D eigenvalue weighted by atomic mass is 10.0. The van der Waals surface area contributed by atoms with Crippen molar-refractivity contribution in [3.63, 3.8) is 0 Å². The van der Waals surface area contributed by atoms with Crippen LogP contribution in [0, 0.1) is 0 Å². The molecule has 1 amide bonds. The lowest BCUT2D eigenvalue weighted by Gasteiger charge is -2.10. The number of amides is 1. The number of rotatable bonds is 5. The summed E-state index contributed by atoms with van der Waals surface area (Å²) in [5.41, 5.74) is 3.42. The van der Waals surface area contributed by atoms with Crippen LogP contribution in [0.5, 0.6) is 0 Å². The van der Waals surface area contributed by atoms with Crippen LogP contribution in [0.2, 0.25) is 0 Å². The molecular formula is C21H19NO2. The molecule has 24 heavy (non-hydrogen) atoms. The molecule has 3 aromatic rings. The molecule has 1 aromatic heterocycles. The summed E-state index contributed by atoms with van der Waals surface area (Å²) < 4.78 is 5.36. The van der Waals surface area contributed by atoms with Crippen LogP contribution in [0.25, 0.3) is 11.6 Å². The normalized spacial score (nSPS) is 11.3. The maximum absolute atomic E-state index is 12.8. The second kappa shape index (κ2) is 7.47. The number of carbonyl (C=O) groups is 1. The van der Waals surface area contributed by atoms with Crippen molar-refractivity contribution in [1.82, 2.24) is 0 Å². The van der Waals surface area contributed by atoms with Crippen molar-refractivity contribution in [1.29, 1.82) is 0 Å². The first kappa shape index (κ1) is 15.8. The molecule has 0 fully saturated rings. The van der Waals surface area contributed by atoms with Gasteiger partial charge in [0.2, 0.25) is 0 Å². The van der Waals surface area contributed by atoms with Crippen molar-refractivity contribution in [2.24, 2.45) is 0 Å². The fourth-order valence-corrected chi connectivity index (χ4v) is 2.44. The summed E-state index contributed by atoms with van der Waals surface area (Å²) >= 11 is 0. The smallest absolute Gasteiger partial charge is 0.256 e. The zero-order valence-corrected chi connectivity index (χ0v) is 13.5. The van der Waals surface area contributed by atoms with E-state index in [9.17, 15) is 4.79 Å². The average molecular weight is 317 g/mol. The number of hydrogen-bond donors (Lipinski definition) is 1. The zero-order chi connectivity index (χ0) is 16.8. The fraction of sp³-hybridized carbons (Fsp3) is 0.0952. The van der Waals surface area contributed by atoms with Gasteiger partial charge >= 0.3 is 0 Å². The summed E-state index contributed by atoms with van der Waals surface area (Å²) in [6.07, 6.45) is 4.32. The zero-order valence-electron chi connectivity index (χ0n) is 13.5. The molecule has 0 saturated carbocycles. The molecule has 0 aliphatic heterocycles. The van der Waals surface area contributed by atoms with Gasteiger partial charge in [0, 0.05) is 5.69 Å². The van der Waals surface area contributed by atoms with E-state index < -0.39 is 0 Å². The van der Waals surface area contributed by atoms with E-state index >= 15 is 0 Å². The predicted octanol–water partition coefficient (Wildman–Crippen LogP) is 5.02. The minimum absolute atomic E-state index is 0.165. The van der Waals surface area contributed by atoms with Crippen molar-refractivity contribution in [3.8, 4) is 0 Å². The van der Waals surface area contributed by atoms with Gasteiger partial charge in [-0.15, -0.1) is 0 Å². The highest BCUT2D eigenvalue weighted by molar-refractivity contribution is 6.29. The van der Waals surface area contributed by atoms with E-state index in [1.807, 2.05) is 60.7 Å². The van der Waals surface area contributed by atoms with E-state index in [-0.39, 0.29) is 5.91 Å². The van der Waals surface area contributed by atoms with E-state index in [2.05, 4.69) is 12.2 Å². The van der Waals surface area contributed by atoms with Crippen molar-refractivity contribution < 1.29 is 9.21 Å². The van der Waals surface area contributed by atoms with Gasteiger partial charge in [0.25, 0.3) is 5.91 Å². The molecular weight excluding hydrogens is 298 g/mol. The number of aryl methyl sites for hydroxylation is 1. The fourth-order valence-electron chi connectivity index (χ4n) is 2.44. The third-order valence-corrected chi connectivity index (χ3v) is 3.78. The van der Waals surface area contributed by atoms with E-state index in [0.717, 1.165) is 17.7 Å². The monoisotopic (exact) mass is 317 g/mol. The van der Waals surface area contributed by atoms with Gasteiger partial charge in [-0.2, -0.15) is 0 Å². The second-order valence-electron chi connectivity index (χ2n) is 5.44. The van der Waals surface area contributed by atoms with Crippen LogP contribution in [0.4, 0.5) is 5.69 Å². The highest BCUT2D eigenvalue weighted by Gasteiger charge is 2.13. The van der Waals surface area contributed by atoms with Crippen LogP contribution in [0.1, 0.15) is 23.8 Å². The van der Waals surface area contributed by atoms with Crippen molar-refractivity contribution in [3.05, 3.63) is 89.9 Å². The van der Waals surface area contributed by atoms with E-state index in [1.54, 1.807) is 18.4 Å². The summed E-state index contributed by atoms with van der Waals surface area (Å²) in [7, 11) is 0. The Morgan fingerprint density at radius 2 is 1.75 bits per heavy atom. The molecule has 0 spiro atoms. The lowest BCUT2D eigenvalue weighted by Crippen LogP contribution is -2.13. The Balaban J connectivity index is 1.88. The molecule has 3 rings (SSSR count). The molecule has 0 radical (unpaired) electrons. The van der Waals surface area contributed by atoms with E-state index in [4.69, 9.17) is 4.42 Å². The molecule has 0 atom stereocenters. The van der Waals surface area contributed by atoms with Crippen LogP contribution in [-0.2, 0) is 11.2 Å². The summed E-state index contributed by atoms with van der Waals surface area (Å²) in [6.45, 7) is 2.10. The first-order valence-electron chi connectivity index (χ1n) is 7.97. The molecule has 1 heterocycles. The summed E-state index contributed by atoms with van der Waals surface area (Å²) in [5.74, 6) is 0.479. The molecule has 0 aliphatic rings. The lowest BCUT2D eigenvalue weighted by molar-refractivity contribution is -0.111. The molecule has 1 N–H and O–H groups in total. The molecule has 2 aromatic carbocycles. The first-order chi connectivity index (χ1) is 11.8. The van der Waals surface area contributed by atoms with Gasteiger partial charge in [0.1, 0.15) is 5.76 Å². The van der Waals surface area contributed by atoms with Gasteiger partial charge in [-0.1, -0.05) is 49.4 Å². The Bertz CT molecular complexity index is 816. The van der Waals surface area contributed by atoms with Gasteiger partial charge in [-0.05, 0) is 47.9 Å². The van der Waals surface area contributed by atoms with Crippen LogP contribution in [-0.4, -0.2) is 5.91 Å². The average Bonchev–Trinajstić information content (AvgIpc) is 3.14. The van der Waals surface area contributed by atoms with Gasteiger partial charge in [-0.3, -0.25) is 4.79 Å². The number of furan rings is 1. The quantitative estimate of drug-likeness (QED) is 0.671. The Morgan fingerprint density at radius 1 is 1.00 bits per heavy atom. The minimum atomic E-state index is -0.165. The predicted molar refractivity (Wildman–Crippen MR) is 97.5 cm³/mol. The summed E-state index contributed by atoms with van der Waals surface area (Å²) in [4.78, 5) is 12.8. The Labute approximate surface area is 141 Å². The third-order valence-electron chi connectivity index (χ3n) is 3.78. The molecule has 0 aliphatic carbocycles. The number of carbonyl (C=O) groups excluding carboxylic acids is 1. The number of anilines is 1. The number of nitrogens with one attached hydrogen (secondary N) is 1. The molecule has 0 unspecified atom stereocenters. The first-order valence-corrected chi connectivity index (χ1v) is 7.97. The largest absolute Gasteiger partial charge is 0.465 e. The van der Waals surface area contributed by atoms with Crippen molar-refractivity contribution >= 4 is 23.2 Å². The number of hydrogen-bond acceptors (Lipinski definition) is 2.